The van der Waals surface area contributed by atoms with Crippen molar-refractivity contribution in [2.24, 2.45) is 0 Å². The van der Waals surface area contributed by atoms with Crippen molar-refractivity contribution in [2.75, 3.05) is 0 Å². The zero-order valence-electron chi connectivity index (χ0n) is 21.3. The summed E-state index contributed by atoms with van der Waals surface area (Å²) in [6.07, 6.45) is 0. The van der Waals surface area contributed by atoms with Crippen molar-refractivity contribution in [1.82, 2.24) is 0 Å². The largest absolute Gasteiger partial charge is 0.539 e. The summed E-state index contributed by atoms with van der Waals surface area (Å²) in [7, 11) is -5.08. The lowest BCUT2D eigenvalue weighted by atomic mass is 10.1. The van der Waals surface area contributed by atoms with E-state index in [1.807, 2.05) is 44.2 Å². The van der Waals surface area contributed by atoms with E-state index < -0.39 is 67.8 Å². The van der Waals surface area contributed by atoms with E-state index in [4.69, 9.17) is 4.43 Å². The highest BCUT2D eigenvalue weighted by atomic mass is 28.4. The van der Waals surface area contributed by atoms with Crippen LogP contribution in [-0.4, -0.2) is 16.4 Å². The average molecular weight is 543 g/mol. The molecule has 0 heterocycles. The molecule has 0 aliphatic heterocycles. The van der Waals surface area contributed by atoms with Gasteiger partial charge in [-0.3, -0.25) is 0 Å². The molecule has 3 rings (SSSR count). The summed E-state index contributed by atoms with van der Waals surface area (Å²) in [6, 6.07) is 12.9. The lowest BCUT2D eigenvalue weighted by Gasteiger charge is -2.42. The number of fused-ring (bicyclic) bond motifs is 1. The molecule has 0 aliphatic carbocycles. The van der Waals surface area contributed by atoms with Gasteiger partial charge in [0.05, 0.1) is 13.5 Å². The highest BCUT2D eigenvalue weighted by molar-refractivity contribution is 6.95. The van der Waals surface area contributed by atoms with Crippen molar-refractivity contribution < 1.29 is 30.8 Å². The number of benzene rings is 3. The maximum atomic E-state index is 15.7. The second-order valence-electron chi connectivity index (χ2n) is 9.90. The van der Waals surface area contributed by atoms with Gasteiger partial charge in [-0.25, -0.2) is 22.0 Å². The molecule has 0 amide bonds. The van der Waals surface area contributed by atoms with Gasteiger partial charge in [-0.15, -0.1) is 0 Å². The maximum Gasteiger partial charge on any atom is 0.255 e. The fourth-order valence-electron chi connectivity index (χ4n) is 5.07. The predicted molar refractivity (Wildman–Crippen MR) is 137 cm³/mol. The lowest BCUT2D eigenvalue weighted by Crippen LogP contribution is -2.55. The van der Waals surface area contributed by atoms with Gasteiger partial charge in [-0.05, 0) is 22.8 Å². The molecule has 1 atom stereocenters. The Morgan fingerprint density at radius 2 is 1.33 bits per heavy atom. The van der Waals surface area contributed by atoms with Crippen LogP contribution in [0.1, 0.15) is 40.2 Å². The van der Waals surface area contributed by atoms with Crippen LogP contribution in [0.2, 0.25) is 29.3 Å². The molecule has 0 radical (unpaired) electrons. The molecule has 3 aromatic rings. The minimum atomic E-state index is -3.14. The van der Waals surface area contributed by atoms with Gasteiger partial charge >= 0.3 is 0 Å². The van der Waals surface area contributed by atoms with Crippen LogP contribution in [0, 0.1) is 34.9 Å². The first kappa shape index (κ1) is 28.3. The lowest BCUT2D eigenvalue weighted by molar-refractivity contribution is 0.408. The highest BCUT2D eigenvalue weighted by Gasteiger charge is 2.48. The van der Waals surface area contributed by atoms with Crippen LogP contribution in [0.15, 0.2) is 36.4 Å². The molecule has 0 aliphatic rings. The SMILES string of the molecule is CC[Si](CC)(CC)C[Si](Cc1ccccc1)(Oc1c(F)c(F)c2cc(F)c(F)c(F)c2c1F)C(C)C. The zero-order chi connectivity index (χ0) is 26.8. The van der Waals surface area contributed by atoms with Gasteiger partial charge in [0.25, 0.3) is 8.32 Å². The molecule has 0 aromatic heterocycles. The van der Waals surface area contributed by atoms with E-state index in [1.54, 1.807) is 0 Å². The number of halogens is 6. The Kier molecular flexibility index (Phi) is 8.65. The Balaban J connectivity index is 2.30. The third kappa shape index (κ3) is 5.09. The fraction of sp³-hybridized carbons (Fsp3) is 0.407. The molecule has 1 nitrogen and oxygen atoms in total. The Morgan fingerprint density at radius 1 is 0.750 bits per heavy atom. The summed E-state index contributed by atoms with van der Waals surface area (Å²) in [5.41, 5.74) is 1.45. The number of hydrogen-bond acceptors (Lipinski definition) is 1. The smallest absolute Gasteiger partial charge is 0.255 e. The van der Waals surface area contributed by atoms with Crippen LogP contribution in [-0.2, 0) is 6.04 Å². The van der Waals surface area contributed by atoms with Gasteiger partial charge in [0, 0.05) is 11.4 Å². The van der Waals surface area contributed by atoms with E-state index in [0.717, 1.165) is 23.7 Å². The van der Waals surface area contributed by atoms with Gasteiger partial charge < -0.3 is 4.43 Å². The number of rotatable bonds is 10. The molecule has 9 heteroatoms. The molecule has 0 saturated carbocycles. The van der Waals surface area contributed by atoms with E-state index in [1.165, 1.54) is 0 Å². The predicted octanol–water partition coefficient (Wildman–Crippen LogP) is 9.24. The molecule has 0 bridgehead atoms. The molecule has 1 unspecified atom stereocenters. The van der Waals surface area contributed by atoms with Crippen LogP contribution >= 0.6 is 0 Å². The van der Waals surface area contributed by atoms with Gasteiger partial charge in [-0.1, -0.05) is 83.1 Å². The number of hydrogen-bond donors (Lipinski definition) is 0. The van der Waals surface area contributed by atoms with E-state index >= 15 is 13.2 Å². The summed E-state index contributed by atoms with van der Waals surface area (Å²) in [6.45, 7) is 10.2. The van der Waals surface area contributed by atoms with Crippen molar-refractivity contribution in [1.29, 1.82) is 0 Å². The molecule has 0 fully saturated rings. The van der Waals surface area contributed by atoms with Gasteiger partial charge in [0.1, 0.15) is 0 Å². The van der Waals surface area contributed by atoms with Crippen LogP contribution in [0.25, 0.3) is 10.8 Å². The van der Waals surface area contributed by atoms with E-state index in [0.29, 0.717) is 11.7 Å². The van der Waals surface area contributed by atoms with E-state index in [-0.39, 0.29) is 11.6 Å². The summed E-state index contributed by atoms with van der Waals surface area (Å²) >= 11 is 0. The zero-order valence-corrected chi connectivity index (χ0v) is 23.3. The van der Waals surface area contributed by atoms with Crippen LogP contribution in [0.4, 0.5) is 26.3 Å². The third-order valence-corrected chi connectivity index (χ3v) is 21.5. The van der Waals surface area contributed by atoms with Crippen molar-refractivity contribution in [3.63, 3.8) is 0 Å². The van der Waals surface area contributed by atoms with Gasteiger partial charge in [0.2, 0.25) is 5.82 Å². The second-order valence-corrected chi connectivity index (χ2v) is 20.3. The van der Waals surface area contributed by atoms with Crippen molar-refractivity contribution >= 4 is 27.2 Å². The molecule has 36 heavy (non-hydrogen) atoms. The van der Waals surface area contributed by atoms with E-state index in [9.17, 15) is 13.2 Å². The second kappa shape index (κ2) is 11.0. The normalized spacial score (nSPS) is 13.9. The van der Waals surface area contributed by atoms with Crippen LogP contribution in [0.5, 0.6) is 5.75 Å². The molecule has 0 N–H and O–H groups in total. The monoisotopic (exact) mass is 542 g/mol. The highest BCUT2D eigenvalue weighted by Crippen LogP contribution is 2.43. The fourth-order valence-corrected chi connectivity index (χ4v) is 19.3. The molecular formula is C27H32F6OSi2. The maximum absolute atomic E-state index is 15.7. The minimum Gasteiger partial charge on any atom is -0.539 e. The first-order chi connectivity index (χ1) is 17.0. The summed E-state index contributed by atoms with van der Waals surface area (Å²) in [4.78, 5) is 0. The topological polar surface area (TPSA) is 9.23 Å². The summed E-state index contributed by atoms with van der Waals surface area (Å²) < 4.78 is 94.6. The Bertz CT molecular complexity index is 1220. The molecule has 0 spiro atoms. The average Bonchev–Trinajstić information content (AvgIpc) is 2.87. The van der Waals surface area contributed by atoms with Crippen molar-refractivity contribution in [2.45, 2.75) is 70.0 Å². The first-order valence-corrected chi connectivity index (χ1v) is 17.5. The quantitative estimate of drug-likeness (QED) is 0.107. The van der Waals surface area contributed by atoms with Crippen molar-refractivity contribution in [3.8, 4) is 5.75 Å². The Morgan fingerprint density at radius 3 is 1.86 bits per heavy atom. The van der Waals surface area contributed by atoms with Crippen LogP contribution < -0.4 is 4.43 Å². The van der Waals surface area contributed by atoms with Crippen molar-refractivity contribution in [3.05, 3.63) is 76.9 Å². The molecule has 3 aromatic carbocycles. The Labute approximate surface area is 210 Å². The first-order valence-electron chi connectivity index (χ1n) is 12.3. The van der Waals surface area contributed by atoms with Gasteiger partial charge in [-0.2, -0.15) is 4.39 Å². The Hall–Kier alpha value is -2.27. The van der Waals surface area contributed by atoms with Crippen LogP contribution in [0.3, 0.4) is 0 Å². The molecular weight excluding hydrogens is 510 g/mol. The molecule has 0 saturated heterocycles. The van der Waals surface area contributed by atoms with E-state index in [2.05, 4.69) is 20.8 Å². The minimum absolute atomic E-state index is 0.137. The standard InChI is InChI=1S/C27H32F6OSi2/c1-6-35(7-2,8-3)16-36(17(4)5,15-18-12-10-9-11-13-18)34-27-25(32)21-19(22(29)26(27)33)14-20(28)23(30)24(21)31/h9-14,17H,6-8,15-16H2,1-5H3. The molecule has 196 valence electrons. The van der Waals surface area contributed by atoms with Gasteiger partial charge in [0.15, 0.2) is 34.8 Å². The summed E-state index contributed by atoms with van der Waals surface area (Å²) in [5, 5.41) is -2.16. The summed E-state index contributed by atoms with van der Waals surface area (Å²) in [5.74, 6) is -11.5. The third-order valence-electron chi connectivity index (χ3n) is 7.84.